The van der Waals surface area contributed by atoms with E-state index < -0.39 is 14.6 Å². The van der Waals surface area contributed by atoms with Crippen molar-refractivity contribution in [2.45, 2.75) is 64.7 Å². The fourth-order valence-electron chi connectivity index (χ4n) is 4.71. The Balaban J connectivity index is 1.40. The van der Waals surface area contributed by atoms with E-state index in [1.807, 2.05) is 15.9 Å². The van der Waals surface area contributed by atoms with Gasteiger partial charge in [0.1, 0.15) is 12.4 Å². The number of aryl methyl sites for hydroxylation is 1. The van der Waals surface area contributed by atoms with Gasteiger partial charge in [0.05, 0.1) is 43.2 Å². The first-order valence-electron chi connectivity index (χ1n) is 12.8. The van der Waals surface area contributed by atoms with Crippen molar-refractivity contribution in [2.24, 2.45) is 10.8 Å². The quantitative estimate of drug-likeness (QED) is 0.460. The molecule has 3 heterocycles. The average molecular weight is 525 g/mol. The number of amidine groups is 1. The highest BCUT2D eigenvalue weighted by Gasteiger charge is 2.41. The van der Waals surface area contributed by atoms with E-state index in [1.165, 1.54) is 12.1 Å². The largest absolute Gasteiger partial charge is 0.415 e. The number of anilines is 1. The van der Waals surface area contributed by atoms with Crippen LogP contribution in [-0.4, -0.2) is 54.9 Å². The van der Waals surface area contributed by atoms with Crippen LogP contribution in [-0.2, 0) is 15.7 Å². The Labute approximate surface area is 218 Å². The molecular formula is C27H37FN6O2Si. The van der Waals surface area contributed by atoms with Crippen molar-refractivity contribution < 1.29 is 13.6 Å². The van der Waals surface area contributed by atoms with Crippen molar-refractivity contribution in [2.75, 3.05) is 24.8 Å². The Bertz CT molecular complexity index is 1320. The van der Waals surface area contributed by atoms with Gasteiger partial charge in [-0.05, 0) is 60.4 Å². The van der Waals surface area contributed by atoms with E-state index in [0.717, 1.165) is 33.6 Å². The molecule has 2 aliphatic heterocycles. The SMILES string of the molecule is Cc1cc2cnn(CCO[Si](C)(C)C(C)(C)C)c2cc1N1N=C2COCC(c3ccc(F)cc3)N2[C@H]1N. The summed E-state index contributed by atoms with van der Waals surface area (Å²) in [6.45, 7) is 15.5. The zero-order chi connectivity index (χ0) is 26.5. The smallest absolute Gasteiger partial charge is 0.192 e. The molecule has 37 heavy (non-hydrogen) atoms. The normalized spacial score (nSPS) is 20.5. The lowest BCUT2D eigenvalue weighted by molar-refractivity contribution is 0.0604. The van der Waals surface area contributed by atoms with Gasteiger partial charge in [-0.1, -0.05) is 32.9 Å². The first-order valence-corrected chi connectivity index (χ1v) is 15.7. The third kappa shape index (κ3) is 4.79. The fourth-order valence-corrected chi connectivity index (χ4v) is 5.75. The number of aromatic nitrogens is 2. The Morgan fingerprint density at radius 2 is 1.92 bits per heavy atom. The molecule has 2 N–H and O–H groups in total. The number of nitrogens with zero attached hydrogens (tertiary/aromatic N) is 5. The maximum Gasteiger partial charge on any atom is 0.192 e. The molecule has 1 fully saturated rings. The van der Waals surface area contributed by atoms with Gasteiger partial charge in [-0.25, -0.2) is 9.40 Å². The highest BCUT2D eigenvalue weighted by Crippen LogP contribution is 2.37. The number of fused-ring (bicyclic) bond motifs is 2. The highest BCUT2D eigenvalue weighted by atomic mass is 28.4. The molecule has 1 unspecified atom stereocenters. The minimum Gasteiger partial charge on any atom is -0.415 e. The van der Waals surface area contributed by atoms with E-state index in [4.69, 9.17) is 20.0 Å². The minimum absolute atomic E-state index is 0.143. The number of ether oxygens (including phenoxy) is 1. The lowest BCUT2D eigenvalue weighted by atomic mass is 10.0. The number of hydrazone groups is 1. The Kier molecular flexibility index (Phi) is 6.64. The zero-order valence-corrected chi connectivity index (χ0v) is 23.5. The molecule has 0 aliphatic carbocycles. The second-order valence-corrected chi connectivity index (χ2v) is 16.2. The minimum atomic E-state index is -1.83. The predicted octanol–water partition coefficient (Wildman–Crippen LogP) is 4.95. The molecule has 0 bridgehead atoms. The summed E-state index contributed by atoms with van der Waals surface area (Å²) in [7, 11) is -1.83. The average Bonchev–Trinajstić information content (AvgIpc) is 3.38. The van der Waals surface area contributed by atoms with E-state index in [-0.39, 0.29) is 16.9 Å². The summed E-state index contributed by atoms with van der Waals surface area (Å²) in [6.07, 6.45) is 1.39. The van der Waals surface area contributed by atoms with Gasteiger partial charge in [-0.3, -0.25) is 10.4 Å². The molecule has 3 aromatic rings. The molecule has 1 saturated heterocycles. The van der Waals surface area contributed by atoms with Crippen molar-refractivity contribution in [1.82, 2.24) is 14.7 Å². The maximum atomic E-state index is 13.5. The van der Waals surface area contributed by atoms with Crippen LogP contribution < -0.4 is 10.7 Å². The summed E-state index contributed by atoms with van der Waals surface area (Å²) in [6, 6.07) is 10.6. The third-order valence-corrected chi connectivity index (χ3v) is 12.5. The summed E-state index contributed by atoms with van der Waals surface area (Å²) in [4.78, 5) is 2.07. The van der Waals surface area contributed by atoms with Crippen LogP contribution >= 0.6 is 0 Å². The number of halogens is 1. The molecule has 0 radical (unpaired) electrons. The van der Waals surface area contributed by atoms with Gasteiger partial charge in [0.15, 0.2) is 20.4 Å². The Hall–Kier alpha value is -2.79. The summed E-state index contributed by atoms with van der Waals surface area (Å²) >= 11 is 0. The van der Waals surface area contributed by atoms with Crippen molar-refractivity contribution >= 4 is 30.7 Å². The molecule has 10 heteroatoms. The lowest BCUT2D eigenvalue weighted by Gasteiger charge is -2.38. The van der Waals surface area contributed by atoms with Crippen molar-refractivity contribution in [3.8, 4) is 0 Å². The Morgan fingerprint density at radius 3 is 2.62 bits per heavy atom. The zero-order valence-electron chi connectivity index (χ0n) is 22.5. The standard InChI is InChI=1S/C27H37FN6O2Si/c1-18-13-20-15-30-32(11-12-36-37(5,6)27(2,3)4)23(20)14-22(18)34-26(29)33-24(16-35-17-25(33)31-34)19-7-9-21(28)10-8-19/h7-10,13-15,24,26H,11-12,16-17,29H2,1-6H3/t24?,26-/m1/s1. The molecule has 0 amide bonds. The van der Waals surface area contributed by atoms with Gasteiger partial charge in [0.25, 0.3) is 0 Å². The number of hydrogen-bond donors (Lipinski definition) is 1. The molecule has 5 rings (SSSR count). The molecule has 2 aromatic carbocycles. The van der Waals surface area contributed by atoms with E-state index in [2.05, 4.69) is 62.9 Å². The van der Waals surface area contributed by atoms with Gasteiger partial charge in [-0.2, -0.15) is 10.2 Å². The number of morpholine rings is 1. The first-order chi connectivity index (χ1) is 17.5. The van der Waals surface area contributed by atoms with E-state index in [9.17, 15) is 4.39 Å². The second kappa shape index (κ2) is 9.50. The van der Waals surface area contributed by atoms with Crippen LogP contribution in [0.5, 0.6) is 0 Å². The molecule has 0 spiro atoms. The van der Waals surface area contributed by atoms with Gasteiger partial charge in [-0.15, -0.1) is 0 Å². The summed E-state index contributed by atoms with van der Waals surface area (Å²) in [5.41, 5.74) is 10.7. The monoisotopic (exact) mass is 524 g/mol. The highest BCUT2D eigenvalue weighted by molar-refractivity contribution is 6.74. The van der Waals surface area contributed by atoms with Crippen molar-refractivity contribution in [3.05, 3.63) is 59.5 Å². The van der Waals surface area contributed by atoms with Crippen LogP contribution in [0, 0.1) is 12.7 Å². The molecule has 1 aromatic heterocycles. The fraction of sp³-hybridized carbons (Fsp3) is 0.481. The topological polar surface area (TPSA) is 81.1 Å². The summed E-state index contributed by atoms with van der Waals surface area (Å²) < 4.78 is 27.8. The third-order valence-electron chi connectivity index (χ3n) is 7.93. The molecule has 8 nitrogen and oxygen atoms in total. The van der Waals surface area contributed by atoms with Crippen LogP contribution in [0.3, 0.4) is 0 Å². The Morgan fingerprint density at radius 1 is 1.19 bits per heavy atom. The van der Waals surface area contributed by atoms with E-state index >= 15 is 0 Å². The first kappa shape index (κ1) is 25.8. The molecule has 0 saturated carbocycles. The predicted molar refractivity (Wildman–Crippen MR) is 147 cm³/mol. The molecule has 198 valence electrons. The van der Waals surface area contributed by atoms with Crippen molar-refractivity contribution in [1.29, 1.82) is 0 Å². The summed E-state index contributed by atoms with van der Waals surface area (Å²) in [5.74, 6) is 0.501. The van der Waals surface area contributed by atoms with E-state index in [0.29, 0.717) is 26.4 Å². The van der Waals surface area contributed by atoms with Crippen LogP contribution in [0.15, 0.2) is 47.7 Å². The molecule has 2 atom stereocenters. The van der Waals surface area contributed by atoms with Crippen LogP contribution in [0.4, 0.5) is 10.1 Å². The lowest BCUT2D eigenvalue weighted by Crippen LogP contribution is -2.54. The molecular weight excluding hydrogens is 487 g/mol. The number of nitrogens with two attached hydrogens (primary N) is 1. The van der Waals surface area contributed by atoms with Gasteiger partial charge >= 0.3 is 0 Å². The van der Waals surface area contributed by atoms with Crippen LogP contribution in [0.25, 0.3) is 10.9 Å². The van der Waals surface area contributed by atoms with Gasteiger partial charge in [0.2, 0.25) is 0 Å². The number of benzene rings is 2. The van der Waals surface area contributed by atoms with Crippen LogP contribution in [0.1, 0.15) is 37.9 Å². The molecule has 2 aliphatic rings. The number of rotatable bonds is 6. The second-order valence-electron chi connectivity index (χ2n) is 11.4. The van der Waals surface area contributed by atoms with Gasteiger partial charge in [0, 0.05) is 5.39 Å². The summed E-state index contributed by atoms with van der Waals surface area (Å²) in [5, 5.41) is 12.6. The van der Waals surface area contributed by atoms with Crippen LogP contribution in [0.2, 0.25) is 18.1 Å². The maximum absolute atomic E-state index is 13.5. The van der Waals surface area contributed by atoms with Gasteiger partial charge < -0.3 is 14.1 Å². The number of hydrogen-bond acceptors (Lipinski definition) is 7. The van der Waals surface area contributed by atoms with E-state index in [1.54, 1.807) is 12.1 Å². The van der Waals surface area contributed by atoms with Crippen molar-refractivity contribution in [3.63, 3.8) is 0 Å².